The molecule has 0 saturated carbocycles. The second-order valence-electron chi connectivity index (χ2n) is 6.81. The Morgan fingerprint density at radius 1 is 0.867 bits per heavy atom. The maximum absolute atomic E-state index is 9.08. The molecule has 0 aliphatic heterocycles. The topological polar surface area (TPSA) is 63.2 Å². The van der Waals surface area contributed by atoms with Gasteiger partial charge >= 0.3 is 8.32 Å². The average molecular weight is 409 g/mol. The summed E-state index contributed by atoms with van der Waals surface area (Å²) in [6, 6.07) is 32.7. The molecular formula is C24H20N4OSi. The first-order valence-corrected chi connectivity index (χ1v) is 11.5. The predicted molar refractivity (Wildman–Crippen MR) is 121 cm³/mol. The van der Waals surface area contributed by atoms with E-state index in [1.807, 2.05) is 67.7 Å². The molecule has 0 amide bonds. The van der Waals surface area contributed by atoms with E-state index < -0.39 is 8.32 Å². The number of hydrogen-bond acceptors (Lipinski definition) is 4. The van der Waals surface area contributed by atoms with Crippen LogP contribution < -0.4 is 15.6 Å². The van der Waals surface area contributed by atoms with Gasteiger partial charge in [0.15, 0.2) is 11.5 Å². The molecule has 5 nitrogen and oxygen atoms in total. The zero-order valence-electron chi connectivity index (χ0n) is 16.5. The fourth-order valence-electron chi connectivity index (χ4n) is 3.48. The van der Waals surface area contributed by atoms with Crippen molar-refractivity contribution < 1.29 is 4.53 Å². The highest BCUT2D eigenvalue weighted by Crippen LogP contribution is 2.10. The van der Waals surface area contributed by atoms with Crippen LogP contribution in [0.25, 0.3) is 0 Å². The molecule has 0 spiro atoms. The van der Waals surface area contributed by atoms with E-state index in [-0.39, 0.29) is 0 Å². The maximum Gasteiger partial charge on any atom is 0.380 e. The average Bonchev–Trinajstić information content (AvgIpc) is 3.18. The molecule has 0 unspecified atom stereocenters. The lowest BCUT2D eigenvalue weighted by Gasteiger charge is -2.29. The van der Waals surface area contributed by atoms with Gasteiger partial charge in [-0.1, -0.05) is 91.0 Å². The van der Waals surface area contributed by atoms with Crippen LogP contribution in [0.3, 0.4) is 0 Å². The normalized spacial score (nSPS) is 11.3. The minimum absolute atomic E-state index is 0.344. The largest absolute Gasteiger partial charge is 0.438 e. The summed E-state index contributed by atoms with van der Waals surface area (Å²) in [6.45, 7) is 0. The summed E-state index contributed by atoms with van der Waals surface area (Å²) in [4.78, 5) is 4.25. The molecule has 0 aliphatic carbocycles. The molecule has 0 fully saturated rings. The lowest BCUT2D eigenvalue weighted by atomic mass is 10.3. The van der Waals surface area contributed by atoms with Crippen LogP contribution in [0.4, 0.5) is 0 Å². The van der Waals surface area contributed by atoms with E-state index in [1.165, 1.54) is 0 Å². The molecule has 0 aliphatic rings. The zero-order chi connectivity index (χ0) is 20.8. The fraction of sp³-hybridized carbons (Fsp3) is 0.0417. The number of aromatic nitrogens is 2. The molecule has 0 radical (unpaired) electrons. The van der Waals surface area contributed by atoms with Gasteiger partial charge < -0.3 is 9.09 Å². The Hall–Kier alpha value is -3.95. The van der Waals surface area contributed by atoms with Gasteiger partial charge in [-0.2, -0.15) is 5.26 Å². The van der Waals surface area contributed by atoms with E-state index in [4.69, 9.17) is 9.79 Å². The summed E-state index contributed by atoms with van der Waals surface area (Å²) < 4.78 is 8.21. The zero-order valence-corrected chi connectivity index (χ0v) is 17.5. The third-order valence-electron chi connectivity index (χ3n) is 4.93. The summed E-state index contributed by atoms with van der Waals surface area (Å²) in [6.07, 6.45) is 3.23. The van der Waals surface area contributed by atoms with Gasteiger partial charge in [0, 0.05) is 13.2 Å². The van der Waals surface area contributed by atoms with Crippen molar-refractivity contribution in [2.24, 2.45) is 12.2 Å². The van der Waals surface area contributed by atoms with Crippen LogP contribution >= 0.6 is 0 Å². The number of rotatable bonds is 6. The third kappa shape index (κ3) is 3.66. The SMILES string of the molecule is Cn1cc(C#N)nc1C=NO[Si](c1ccccc1)(c1ccccc1)c1ccccc1. The smallest absolute Gasteiger partial charge is 0.380 e. The van der Waals surface area contributed by atoms with Gasteiger partial charge in [0.05, 0.1) is 0 Å². The van der Waals surface area contributed by atoms with Crippen molar-refractivity contribution in [2.75, 3.05) is 0 Å². The number of benzene rings is 3. The van der Waals surface area contributed by atoms with Crippen molar-refractivity contribution in [2.45, 2.75) is 0 Å². The van der Waals surface area contributed by atoms with Gasteiger partial charge in [-0.3, -0.25) is 0 Å². The first-order chi connectivity index (χ1) is 14.7. The van der Waals surface area contributed by atoms with E-state index in [0.29, 0.717) is 11.5 Å². The van der Waals surface area contributed by atoms with Crippen molar-refractivity contribution in [1.82, 2.24) is 9.55 Å². The van der Waals surface area contributed by atoms with Crippen LogP contribution in [-0.4, -0.2) is 24.1 Å². The molecule has 4 rings (SSSR count). The number of aryl methyl sites for hydroxylation is 1. The predicted octanol–water partition coefficient (Wildman–Crippen LogP) is 2.31. The Labute approximate surface area is 176 Å². The number of imidazole rings is 1. The summed E-state index contributed by atoms with van der Waals surface area (Å²) in [5.74, 6) is 0.559. The van der Waals surface area contributed by atoms with Crippen molar-refractivity contribution in [3.63, 3.8) is 0 Å². The third-order valence-corrected chi connectivity index (χ3v) is 8.74. The number of hydrogen-bond donors (Lipinski definition) is 0. The lowest BCUT2D eigenvalue weighted by molar-refractivity contribution is 0.351. The molecule has 1 heterocycles. The Kier molecular flexibility index (Phi) is 5.55. The van der Waals surface area contributed by atoms with Crippen LogP contribution in [0.2, 0.25) is 0 Å². The molecule has 0 bridgehead atoms. The Morgan fingerprint density at radius 3 is 1.73 bits per heavy atom. The van der Waals surface area contributed by atoms with Gasteiger partial charge in [-0.05, 0) is 15.6 Å². The van der Waals surface area contributed by atoms with E-state index in [2.05, 4.69) is 46.5 Å². The Balaban J connectivity index is 1.85. The standard InChI is InChI=1S/C24H20N4OSi/c1-28-19-20(17-25)27-24(28)18-26-29-30(21-11-5-2-6-12-21,22-13-7-3-8-14-22)23-15-9-4-10-16-23/h2-16,18-19H,1H3. The van der Waals surface area contributed by atoms with Crippen LogP contribution in [0, 0.1) is 11.3 Å². The number of oxime groups is 1. The van der Waals surface area contributed by atoms with E-state index >= 15 is 0 Å². The van der Waals surface area contributed by atoms with Gasteiger partial charge in [0.1, 0.15) is 12.3 Å². The molecule has 6 heteroatoms. The van der Waals surface area contributed by atoms with Gasteiger partial charge in [-0.25, -0.2) is 4.98 Å². The fourth-order valence-corrected chi connectivity index (χ4v) is 7.00. The maximum atomic E-state index is 9.08. The van der Waals surface area contributed by atoms with Gasteiger partial charge in [-0.15, -0.1) is 5.16 Å². The molecular weight excluding hydrogens is 388 g/mol. The molecule has 146 valence electrons. The molecule has 3 aromatic carbocycles. The first-order valence-electron chi connectivity index (χ1n) is 9.55. The highest BCUT2D eigenvalue weighted by molar-refractivity contribution is 7.07. The highest BCUT2D eigenvalue weighted by Gasteiger charge is 2.44. The Bertz CT molecular complexity index is 1090. The second kappa shape index (κ2) is 8.60. The second-order valence-corrected chi connectivity index (χ2v) is 10.1. The van der Waals surface area contributed by atoms with E-state index in [1.54, 1.807) is 17.0 Å². The summed E-state index contributed by atoms with van der Waals surface area (Å²) in [5, 5.41) is 16.8. The molecule has 0 saturated heterocycles. The summed E-state index contributed by atoms with van der Waals surface area (Å²) in [7, 11) is -1.07. The van der Waals surface area contributed by atoms with Crippen molar-refractivity contribution in [3.05, 3.63) is 109 Å². The van der Waals surface area contributed by atoms with Crippen molar-refractivity contribution in [1.29, 1.82) is 5.26 Å². The lowest BCUT2D eigenvalue weighted by Crippen LogP contribution is -2.68. The minimum Gasteiger partial charge on any atom is -0.438 e. The van der Waals surface area contributed by atoms with Gasteiger partial charge in [0.25, 0.3) is 0 Å². The molecule has 0 atom stereocenters. The van der Waals surface area contributed by atoms with Gasteiger partial charge in [0.2, 0.25) is 0 Å². The molecule has 0 N–H and O–H groups in total. The van der Waals surface area contributed by atoms with Crippen LogP contribution in [-0.2, 0) is 11.6 Å². The van der Waals surface area contributed by atoms with Crippen LogP contribution in [0.1, 0.15) is 11.5 Å². The Morgan fingerprint density at radius 2 is 1.33 bits per heavy atom. The summed E-state index contributed by atoms with van der Waals surface area (Å²) >= 11 is 0. The van der Waals surface area contributed by atoms with Crippen LogP contribution in [0.15, 0.2) is 102 Å². The molecule has 30 heavy (non-hydrogen) atoms. The van der Waals surface area contributed by atoms with Crippen LogP contribution in [0.5, 0.6) is 0 Å². The molecule has 4 aromatic rings. The van der Waals surface area contributed by atoms with E-state index in [0.717, 1.165) is 15.6 Å². The highest BCUT2D eigenvalue weighted by atomic mass is 28.4. The number of nitrogens with zero attached hydrogens (tertiary/aromatic N) is 4. The van der Waals surface area contributed by atoms with Crippen molar-refractivity contribution in [3.8, 4) is 6.07 Å². The van der Waals surface area contributed by atoms with E-state index in [9.17, 15) is 0 Å². The number of nitriles is 1. The minimum atomic E-state index is -2.90. The van der Waals surface area contributed by atoms with Crippen molar-refractivity contribution >= 4 is 30.1 Å². The summed E-state index contributed by atoms with van der Waals surface area (Å²) in [5.41, 5.74) is 0.344. The quantitative estimate of drug-likeness (QED) is 0.213. The molecule has 1 aromatic heterocycles. The first kappa shape index (κ1) is 19.4. The monoisotopic (exact) mass is 408 g/mol.